The number of ether oxygens (including phenoxy) is 1. The summed E-state index contributed by atoms with van der Waals surface area (Å²) < 4.78 is 5.33. The first-order chi connectivity index (χ1) is 8.16. The van der Waals surface area contributed by atoms with Crippen LogP contribution in [0.3, 0.4) is 0 Å². The maximum absolute atomic E-state index is 11.6. The molecule has 1 heterocycles. The molecule has 1 aliphatic heterocycles. The van der Waals surface area contributed by atoms with Crippen LogP contribution in [0.25, 0.3) is 0 Å². The number of Topliss-reactive ketones (excluding diaryl/α,β-unsaturated/α-hetero) is 1. The Morgan fingerprint density at radius 3 is 3.06 bits per heavy atom. The van der Waals surface area contributed by atoms with Gasteiger partial charge in [0.1, 0.15) is 12.2 Å². The van der Waals surface area contributed by atoms with Crippen molar-refractivity contribution in [3.05, 3.63) is 29.3 Å². The first-order valence-corrected chi connectivity index (χ1v) is 5.17. The van der Waals surface area contributed by atoms with Gasteiger partial charge in [-0.15, -0.1) is 0 Å². The standard InChI is InChI=1S/C13H10O4/c14-11-6-7-17-12-5-4-9(8-10(11)12)2-1-3-13(15)16/h4-5,8H,3,6-7H2,(H,15,16). The number of ketones is 1. The molecule has 17 heavy (non-hydrogen) atoms. The highest BCUT2D eigenvalue weighted by Crippen LogP contribution is 2.25. The summed E-state index contributed by atoms with van der Waals surface area (Å²) in [5.74, 6) is 4.88. The van der Waals surface area contributed by atoms with Gasteiger partial charge in [0.2, 0.25) is 0 Å². The average molecular weight is 230 g/mol. The van der Waals surface area contributed by atoms with Crippen molar-refractivity contribution in [1.29, 1.82) is 0 Å². The molecule has 0 atom stereocenters. The second-order valence-corrected chi connectivity index (χ2v) is 3.60. The Bertz CT molecular complexity index is 534. The van der Waals surface area contributed by atoms with Gasteiger partial charge in [0, 0.05) is 12.0 Å². The zero-order chi connectivity index (χ0) is 12.3. The highest BCUT2D eigenvalue weighted by molar-refractivity contribution is 5.99. The van der Waals surface area contributed by atoms with E-state index in [2.05, 4.69) is 11.8 Å². The Kier molecular flexibility index (Phi) is 3.10. The van der Waals surface area contributed by atoms with Crippen molar-refractivity contribution in [2.75, 3.05) is 6.61 Å². The van der Waals surface area contributed by atoms with Gasteiger partial charge in [0.15, 0.2) is 5.78 Å². The summed E-state index contributed by atoms with van der Waals surface area (Å²) in [5.41, 5.74) is 1.15. The molecule has 1 N–H and O–H groups in total. The number of carboxylic acid groups (broad SMARTS) is 1. The molecule has 0 saturated carbocycles. The molecule has 0 radical (unpaired) electrons. The first kappa shape index (κ1) is 11.2. The summed E-state index contributed by atoms with van der Waals surface area (Å²) in [4.78, 5) is 21.9. The van der Waals surface area contributed by atoms with Crippen molar-refractivity contribution in [1.82, 2.24) is 0 Å². The molecule has 1 aliphatic rings. The van der Waals surface area contributed by atoms with Crippen molar-refractivity contribution in [2.45, 2.75) is 12.8 Å². The predicted molar refractivity (Wildman–Crippen MR) is 60.0 cm³/mol. The third-order valence-electron chi connectivity index (χ3n) is 2.34. The smallest absolute Gasteiger partial charge is 0.315 e. The number of hydrogen-bond donors (Lipinski definition) is 1. The summed E-state index contributed by atoms with van der Waals surface area (Å²) in [5, 5.41) is 8.45. The number of carbonyl (C=O) groups excluding carboxylic acids is 1. The van der Waals surface area contributed by atoms with Crippen LogP contribution in [0, 0.1) is 11.8 Å². The number of carboxylic acids is 1. The lowest BCUT2D eigenvalue weighted by Gasteiger charge is -2.15. The van der Waals surface area contributed by atoms with Crippen LogP contribution in [0.1, 0.15) is 28.8 Å². The van der Waals surface area contributed by atoms with Gasteiger partial charge in [-0.05, 0) is 18.2 Å². The van der Waals surface area contributed by atoms with Gasteiger partial charge in [-0.2, -0.15) is 0 Å². The second kappa shape index (κ2) is 4.71. The molecule has 0 bridgehead atoms. The SMILES string of the molecule is O=C(O)CC#Cc1ccc2c(c1)C(=O)CCO2. The van der Waals surface area contributed by atoms with E-state index in [0.29, 0.717) is 29.9 Å². The van der Waals surface area contributed by atoms with Crippen molar-refractivity contribution < 1.29 is 19.4 Å². The molecule has 4 heteroatoms. The number of aliphatic carboxylic acids is 1. The molecular weight excluding hydrogens is 220 g/mol. The predicted octanol–water partition coefficient (Wildman–Crippen LogP) is 1.48. The lowest BCUT2D eigenvalue weighted by Crippen LogP contribution is -2.15. The van der Waals surface area contributed by atoms with Crippen LogP contribution >= 0.6 is 0 Å². The van der Waals surface area contributed by atoms with Gasteiger partial charge in [-0.3, -0.25) is 9.59 Å². The maximum atomic E-state index is 11.6. The van der Waals surface area contributed by atoms with Gasteiger partial charge < -0.3 is 9.84 Å². The third kappa shape index (κ3) is 2.64. The van der Waals surface area contributed by atoms with Crippen molar-refractivity contribution in [3.8, 4) is 17.6 Å². The number of hydrogen-bond acceptors (Lipinski definition) is 3. The molecule has 86 valence electrons. The van der Waals surface area contributed by atoms with E-state index in [1.165, 1.54) is 0 Å². The van der Waals surface area contributed by atoms with Gasteiger partial charge in [0.05, 0.1) is 12.2 Å². The molecule has 2 rings (SSSR count). The zero-order valence-electron chi connectivity index (χ0n) is 9.03. The van der Waals surface area contributed by atoms with E-state index < -0.39 is 5.97 Å². The summed E-state index contributed by atoms with van der Waals surface area (Å²) >= 11 is 0. The van der Waals surface area contributed by atoms with Gasteiger partial charge in [0.25, 0.3) is 0 Å². The fraction of sp³-hybridized carbons (Fsp3) is 0.231. The Hall–Kier alpha value is -2.28. The van der Waals surface area contributed by atoms with Crippen LogP contribution in [0.4, 0.5) is 0 Å². The van der Waals surface area contributed by atoms with Gasteiger partial charge in [-0.1, -0.05) is 11.8 Å². The Morgan fingerprint density at radius 2 is 2.29 bits per heavy atom. The van der Waals surface area contributed by atoms with Crippen LogP contribution in [0.5, 0.6) is 5.75 Å². The van der Waals surface area contributed by atoms with Crippen LogP contribution in [-0.4, -0.2) is 23.5 Å². The fourth-order valence-corrected chi connectivity index (χ4v) is 1.56. The van der Waals surface area contributed by atoms with E-state index in [1.807, 2.05) is 0 Å². The molecule has 0 aromatic heterocycles. The van der Waals surface area contributed by atoms with Gasteiger partial charge >= 0.3 is 5.97 Å². The fourth-order valence-electron chi connectivity index (χ4n) is 1.56. The third-order valence-corrected chi connectivity index (χ3v) is 2.34. The monoisotopic (exact) mass is 230 g/mol. The quantitative estimate of drug-likeness (QED) is 0.742. The summed E-state index contributed by atoms with van der Waals surface area (Å²) in [6, 6.07) is 5.05. The van der Waals surface area contributed by atoms with Crippen molar-refractivity contribution in [2.24, 2.45) is 0 Å². The lowest BCUT2D eigenvalue weighted by atomic mass is 10.0. The van der Waals surface area contributed by atoms with E-state index >= 15 is 0 Å². The molecule has 0 saturated heterocycles. The highest BCUT2D eigenvalue weighted by atomic mass is 16.5. The van der Waals surface area contributed by atoms with Crippen molar-refractivity contribution in [3.63, 3.8) is 0 Å². The van der Waals surface area contributed by atoms with Gasteiger partial charge in [-0.25, -0.2) is 0 Å². The summed E-state index contributed by atoms with van der Waals surface area (Å²) in [6.45, 7) is 0.413. The summed E-state index contributed by atoms with van der Waals surface area (Å²) in [6.07, 6.45) is 0.167. The molecule has 0 spiro atoms. The molecule has 0 unspecified atom stereocenters. The molecule has 1 aromatic carbocycles. The van der Waals surface area contributed by atoms with E-state index in [4.69, 9.17) is 9.84 Å². The normalized spacial score (nSPS) is 13.1. The number of benzene rings is 1. The van der Waals surface area contributed by atoms with Crippen LogP contribution in [0.2, 0.25) is 0 Å². The molecule has 0 aliphatic carbocycles. The van der Waals surface area contributed by atoms with E-state index in [-0.39, 0.29) is 12.2 Å². The Morgan fingerprint density at radius 1 is 1.47 bits per heavy atom. The Balaban J connectivity index is 2.25. The second-order valence-electron chi connectivity index (χ2n) is 3.60. The van der Waals surface area contributed by atoms with Crippen LogP contribution in [0.15, 0.2) is 18.2 Å². The molecule has 4 nitrogen and oxygen atoms in total. The lowest BCUT2D eigenvalue weighted by molar-refractivity contribution is -0.135. The molecule has 0 amide bonds. The number of carbonyl (C=O) groups is 2. The topological polar surface area (TPSA) is 63.6 Å². The highest BCUT2D eigenvalue weighted by Gasteiger charge is 2.18. The van der Waals surface area contributed by atoms with Crippen LogP contribution < -0.4 is 4.74 Å². The first-order valence-electron chi connectivity index (χ1n) is 5.17. The minimum atomic E-state index is -0.963. The average Bonchev–Trinajstić information content (AvgIpc) is 2.30. The number of rotatable bonds is 1. The largest absolute Gasteiger partial charge is 0.492 e. The van der Waals surface area contributed by atoms with Crippen LogP contribution in [-0.2, 0) is 4.79 Å². The van der Waals surface area contributed by atoms with E-state index in [0.717, 1.165) is 0 Å². The minimum Gasteiger partial charge on any atom is -0.492 e. The zero-order valence-corrected chi connectivity index (χ0v) is 9.03. The van der Waals surface area contributed by atoms with E-state index in [1.54, 1.807) is 18.2 Å². The molecule has 1 aromatic rings. The maximum Gasteiger partial charge on any atom is 0.315 e. The Labute approximate surface area is 98.2 Å². The van der Waals surface area contributed by atoms with E-state index in [9.17, 15) is 9.59 Å². The summed E-state index contributed by atoms with van der Waals surface area (Å²) in [7, 11) is 0. The van der Waals surface area contributed by atoms with Crippen molar-refractivity contribution >= 4 is 11.8 Å². The molecule has 0 fully saturated rings. The molecular formula is C13H10O4. The number of fused-ring (bicyclic) bond motifs is 1. The minimum absolute atomic E-state index is 0.0353.